The molecule has 0 aliphatic carbocycles. The number of nitrogens with two attached hydrogens (primary N) is 1. The van der Waals surface area contributed by atoms with Gasteiger partial charge in [0.25, 0.3) is 5.91 Å². The number of carbonyl (C=O) groups is 1. The molecule has 21 heavy (non-hydrogen) atoms. The fraction of sp³-hybridized carbons (Fsp3) is 0.615. The standard InChI is InChI=1S/C13H19N5O3/c14-12(19)10-9-11(17-1-5-20-6-2-17)16-13(15-10)18-3-7-21-8-4-18/h9H,1-8H2,(H2,14,19). The van der Waals surface area contributed by atoms with Crippen molar-refractivity contribution in [3.63, 3.8) is 0 Å². The highest BCUT2D eigenvalue weighted by molar-refractivity contribution is 5.91. The summed E-state index contributed by atoms with van der Waals surface area (Å²) < 4.78 is 10.7. The molecule has 2 aliphatic heterocycles. The van der Waals surface area contributed by atoms with Crippen LogP contribution < -0.4 is 15.5 Å². The SMILES string of the molecule is NC(=O)c1cc(N2CCOCC2)nc(N2CCOCC2)n1. The largest absolute Gasteiger partial charge is 0.378 e. The molecule has 0 atom stereocenters. The molecule has 8 heteroatoms. The van der Waals surface area contributed by atoms with Crippen LogP contribution in [0, 0.1) is 0 Å². The molecule has 0 spiro atoms. The number of hydrogen-bond donors (Lipinski definition) is 1. The van der Waals surface area contributed by atoms with E-state index >= 15 is 0 Å². The van der Waals surface area contributed by atoms with E-state index in [1.54, 1.807) is 6.07 Å². The molecule has 0 bridgehead atoms. The first kappa shape index (κ1) is 14.0. The number of primary amides is 1. The van der Waals surface area contributed by atoms with Crippen molar-refractivity contribution in [2.75, 3.05) is 62.4 Å². The molecule has 2 fully saturated rings. The quantitative estimate of drug-likeness (QED) is 0.783. The molecule has 114 valence electrons. The molecular formula is C13H19N5O3. The van der Waals surface area contributed by atoms with Crippen molar-refractivity contribution in [1.29, 1.82) is 0 Å². The summed E-state index contributed by atoms with van der Waals surface area (Å²) in [6.45, 7) is 5.50. The van der Waals surface area contributed by atoms with E-state index in [1.807, 2.05) is 4.90 Å². The Bertz CT molecular complexity index is 476. The van der Waals surface area contributed by atoms with Gasteiger partial charge in [0.05, 0.1) is 26.4 Å². The van der Waals surface area contributed by atoms with Gasteiger partial charge in [0.2, 0.25) is 5.95 Å². The Morgan fingerprint density at radius 3 is 2.14 bits per heavy atom. The van der Waals surface area contributed by atoms with Crippen molar-refractivity contribution < 1.29 is 14.3 Å². The molecule has 2 aliphatic rings. The van der Waals surface area contributed by atoms with Gasteiger partial charge in [0.1, 0.15) is 11.5 Å². The van der Waals surface area contributed by atoms with Crippen molar-refractivity contribution in [1.82, 2.24) is 9.97 Å². The molecule has 2 saturated heterocycles. The normalized spacial score (nSPS) is 19.6. The number of amides is 1. The average Bonchev–Trinajstić information content (AvgIpc) is 2.56. The molecule has 3 rings (SSSR count). The second kappa shape index (κ2) is 6.23. The van der Waals surface area contributed by atoms with Gasteiger partial charge in [0.15, 0.2) is 0 Å². The van der Waals surface area contributed by atoms with E-state index in [0.29, 0.717) is 45.5 Å². The van der Waals surface area contributed by atoms with E-state index in [9.17, 15) is 4.79 Å². The lowest BCUT2D eigenvalue weighted by molar-refractivity contribution is 0.0995. The number of rotatable bonds is 3. The van der Waals surface area contributed by atoms with Gasteiger partial charge in [-0.3, -0.25) is 4.79 Å². The van der Waals surface area contributed by atoms with Crippen molar-refractivity contribution in [2.45, 2.75) is 0 Å². The third kappa shape index (κ3) is 3.22. The van der Waals surface area contributed by atoms with Gasteiger partial charge in [-0.2, -0.15) is 4.98 Å². The summed E-state index contributed by atoms with van der Waals surface area (Å²) in [5, 5.41) is 0. The minimum Gasteiger partial charge on any atom is -0.378 e. The molecule has 1 aromatic rings. The smallest absolute Gasteiger partial charge is 0.267 e. The van der Waals surface area contributed by atoms with Gasteiger partial charge in [-0.15, -0.1) is 0 Å². The van der Waals surface area contributed by atoms with Gasteiger partial charge in [-0.05, 0) is 0 Å². The fourth-order valence-corrected chi connectivity index (χ4v) is 2.41. The van der Waals surface area contributed by atoms with E-state index in [1.165, 1.54) is 0 Å². The lowest BCUT2D eigenvalue weighted by Gasteiger charge is -2.30. The van der Waals surface area contributed by atoms with Crippen LogP contribution in [0.5, 0.6) is 0 Å². The summed E-state index contributed by atoms with van der Waals surface area (Å²) >= 11 is 0. The molecule has 1 aromatic heterocycles. The van der Waals surface area contributed by atoms with Gasteiger partial charge in [-0.1, -0.05) is 0 Å². The second-order valence-electron chi connectivity index (χ2n) is 4.97. The number of hydrogen-bond acceptors (Lipinski definition) is 7. The lowest BCUT2D eigenvalue weighted by Crippen LogP contribution is -2.40. The van der Waals surface area contributed by atoms with Crippen molar-refractivity contribution in [2.24, 2.45) is 5.73 Å². The number of morpholine rings is 2. The molecule has 0 unspecified atom stereocenters. The third-order valence-corrected chi connectivity index (χ3v) is 3.58. The van der Waals surface area contributed by atoms with Crippen LogP contribution in [0.15, 0.2) is 6.07 Å². The highest BCUT2D eigenvalue weighted by Gasteiger charge is 2.20. The van der Waals surface area contributed by atoms with Gasteiger partial charge >= 0.3 is 0 Å². The lowest BCUT2D eigenvalue weighted by atomic mass is 10.3. The molecule has 8 nitrogen and oxygen atoms in total. The fourth-order valence-electron chi connectivity index (χ4n) is 2.41. The van der Waals surface area contributed by atoms with Crippen molar-refractivity contribution in [3.8, 4) is 0 Å². The molecular weight excluding hydrogens is 274 g/mol. The van der Waals surface area contributed by atoms with E-state index in [-0.39, 0.29) is 5.69 Å². The zero-order valence-electron chi connectivity index (χ0n) is 11.8. The van der Waals surface area contributed by atoms with E-state index in [4.69, 9.17) is 15.2 Å². The number of anilines is 2. The average molecular weight is 293 g/mol. The van der Waals surface area contributed by atoms with E-state index in [0.717, 1.165) is 18.9 Å². The van der Waals surface area contributed by atoms with Crippen LogP contribution in [0.4, 0.5) is 11.8 Å². The third-order valence-electron chi connectivity index (χ3n) is 3.58. The molecule has 3 heterocycles. The summed E-state index contributed by atoms with van der Waals surface area (Å²) in [5.41, 5.74) is 5.64. The Morgan fingerprint density at radius 1 is 1.00 bits per heavy atom. The first-order chi connectivity index (χ1) is 10.2. The number of ether oxygens (including phenoxy) is 2. The maximum absolute atomic E-state index is 11.5. The topological polar surface area (TPSA) is 93.8 Å². The Labute approximate surface area is 122 Å². The molecule has 0 radical (unpaired) electrons. The second-order valence-corrected chi connectivity index (χ2v) is 4.97. The Morgan fingerprint density at radius 2 is 1.57 bits per heavy atom. The number of carbonyl (C=O) groups excluding carboxylic acids is 1. The predicted molar refractivity (Wildman–Crippen MR) is 76.6 cm³/mol. The van der Waals surface area contributed by atoms with Crippen molar-refractivity contribution in [3.05, 3.63) is 11.8 Å². The van der Waals surface area contributed by atoms with Gasteiger partial charge < -0.3 is 25.0 Å². The van der Waals surface area contributed by atoms with Crippen LogP contribution in [-0.4, -0.2) is 68.5 Å². The van der Waals surface area contributed by atoms with Gasteiger partial charge in [0, 0.05) is 32.2 Å². The molecule has 1 amide bonds. The van der Waals surface area contributed by atoms with Gasteiger partial charge in [-0.25, -0.2) is 4.98 Å². The first-order valence-electron chi connectivity index (χ1n) is 7.08. The Kier molecular flexibility index (Phi) is 4.16. The summed E-state index contributed by atoms with van der Waals surface area (Å²) in [7, 11) is 0. The number of nitrogens with zero attached hydrogens (tertiary/aromatic N) is 4. The maximum Gasteiger partial charge on any atom is 0.267 e. The summed E-state index contributed by atoms with van der Waals surface area (Å²) in [6, 6.07) is 1.65. The molecule has 0 saturated carbocycles. The maximum atomic E-state index is 11.5. The van der Waals surface area contributed by atoms with Crippen LogP contribution in [0.3, 0.4) is 0 Å². The zero-order valence-corrected chi connectivity index (χ0v) is 11.8. The first-order valence-corrected chi connectivity index (χ1v) is 7.08. The summed E-state index contributed by atoms with van der Waals surface area (Å²) in [6.07, 6.45) is 0. The van der Waals surface area contributed by atoms with E-state index in [2.05, 4.69) is 14.9 Å². The number of aromatic nitrogens is 2. The minimum atomic E-state index is -0.540. The van der Waals surface area contributed by atoms with Crippen LogP contribution >= 0.6 is 0 Å². The van der Waals surface area contributed by atoms with Crippen LogP contribution in [-0.2, 0) is 9.47 Å². The summed E-state index contributed by atoms with van der Waals surface area (Å²) in [5.74, 6) is 0.723. The van der Waals surface area contributed by atoms with E-state index < -0.39 is 5.91 Å². The highest BCUT2D eigenvalue weighted by Crippen LogP contribution is 2.19. The van der Waals surface area contributed by atoms with Crippen LogP contribution in [0.25, 0.3) is 0 Å². The van der Waals surface area contributed by atoms with Crippen molar-refractivity contribution >= 4 is 17.7 Å². The monoisotopic (exact) mass is 293 g/mol. The predicted octanol–water partition coefficient (Wildman–Crippen LogP) is -0.751. The minimum absolute atomic E-state index is 0.244. The molecule has 0 aromatic carbocycles. The zero-order chi connectivity index (χ0) is 14.7. The summed E-state index contributed by atoms with van der Waals surface area (Å²) in [4.78, 5) is 24.5. The highest BCUT2D eigenvalue weighted by atomic mass is 16.5. The Balaban J connectivity index is 1.91. The Hall–Kier alpha value is -1.93. The molecule has 2 N–H and O–H groups in total. The van der Waals surface area contributed by atoms with Crippen LogP contribution in [0.2, 0.25) is 0 Å². The van der Waals surface area contributed by atoms with Crippen LogP contribution in [0.1, 0.15) is 10.5 Å².